The Labute approximate surface area is 100 Å². The van der Waals surface area contributed by atoms with Gasteiger partial charge in [-0.2, -0.15) is 5.10 Å². The van der Waals surface area contributed by atoms with Gasteiger partial charge in [-0.05, 0) is 13.8 Å². The second-order valence-electron chi connectivity index (χ2n) is 3.48. The van der Waals surface area contributed by atoms with Gasteiger partial charge in [0.25, 0.3) is 0 Å². The maximum Gasteiger partial charge on any atom is 0.138 e. The highest BCUT2D eigenvalue weighted by molar-refractivity contribution is 5.85. The number of anilines is 1. The van der Waals surface area contributed by atoms with Crippen LogP contribution in [-0.2, 0) is 6.54 Å². The van der Waals surface area contributed by atoms with Crippen LogP contribution in [0.5, 0.6) is 0 Å². The highest BCUT2D eigenvalue weighted by Gasteiger charge is 2.09. The molecule has 0 radical (unpaired) electrons. The Bertz CT molecular complexity index is 444. The average molecular weight is 243 g/mol. The summed E-state index contributed by atoms with van der Waals surface area (Å²) in [5.41, 5.74) is 3.02. The Morgan fingerprint density at radius 3 is 2.69 bits per heavy atom. The zero-order valence-electron chi connectivity index (χ0n) is 9.52. The van der Waals surface area contributed by atoms with Gasteiger partial charge in [-0.15, -0.1) is 12.4 Å². The third-order valence-corrected chi connectivity index (χ3v) is 2.42. The van der Waals surface area contributed by atoms with Gasteiger partial charge in [-0.1, -0.05) is 5.16 Å². The summed E-state index contributed by atoms with van der Waals surface area (Å²) < 4.78 is 6.95. The first kappa shape index (κ1) is 12.6. The molecule has 0 saturated heterocycles. The van der Waals surface area contributed by atoms with Gasteiger partial charge in [-0.3, -0.25) is 4.68 Å². The second kappa shape index (κ2) is 5.03. The lowest BCUT2D eigenvalue weighted by atomic mass is 10.2. The summed E-state index contributed by atoms with van der Waals surface area (Å²) in [6.07, 6.45) is 3.74. The van der Waals surface area contributed by atoms with Crippen molar-refractivity contribution < 1.29 is 4.52 Å². The average Bonchev–Trinajstić information content (AvgIpc) is 2.80. The van der Waals surface area contributed by atoms with Crippen LogP contribution in [0.15, 0.2) is 16.9 Å². The fraction of sp³-hybridized carbons (Fsp3) is 0.400. The van der Waals surface area contributed by atoms with E-state index in [9.17, 15) is 0 Å². The number of rotatable bonds is 3. The molecule has 0 aliphatic heterocycles. The van der Waals surface area contributed by atoms with E-state index < -0.39 is 0 Å². The van der Waals surface area contributed by atoms with E-state index in [2.05, 4.69) is 15.6 Å². The van der Waals surface area contributed by atoms with Crippen LogP contribution >= 0.6 is 12.4 Å². The second-order valence-corrected chi connectivity index (χ2v) is 3.48. The van der Waals surface area contributed by atoms with E-state index in [1.165, 1.54) is 0 Å². The van der Waals surface area contributed by atoms with Gasteiger partial charge < -0.3 is 9.84 Å². The molecule has 6 heteroatoms. The molecule has 0 unspecified atom stereocenters. The van der Waals surface area contributed by atoms with Gasteiger partial charge in [0.1, 0.15) is 5.76 Å². The van der Waals surface area contributed by atoms with E-state index in [-0.39, 0.29) is 12.4 Å². The first-order chi connectivity index (χ1) is 7.20. The Morgan fingerprint density at radius 2 is 2.19 bits per heavy atom. The maximum atomic E-state index is 5.09. The van der Waals surface area contributed by atoms with Gasteiger partial charge >= 0.3 is 0 Å². The van der Waals surface area contributed by atoms with Crippen LogP contribution in [0.1, 0.15) is 17.0 Å². The van der Waals surface area contributed by atoms with Gasteiger partial charge in [0, 0.05) is 18.8 Å². The molecule has 0 fully saturated rings. The maximum absolute atomic E-state index is 5.09. The van der Waals surface area contributed by atoms with Crippen LogP contribution in [0.25, 0.3) is 0 Å². The summed E-state index contributed by atoms with van der Waals surface area (Å²) in [6, 6.07) is 0. The van der Waals surface area contributed by atoms with Gasteiger partial charge in [-0.25, -0.2) is 0 Å². The lowest BCUT2D eigenvalue weighted by molar-refractivity contribution is 0.391. The van der Waals surface area contributed by atoms with Crippen molar-refractivity contribution in [1.82, 2.24) is 14.9 Å². The molecule has 0 saturated carbocycles. The van der Waals surface area contributed by atoms with Crippen LogP contribution in [0.4, 0.5) is 5.69 Å². The molecule has 0 aliphatic rings. The Kier molecular flexibility index (Phi) is 3.95. The Morgan fingerprint density at radius 1 is 1.44 bits per heavy atom. The minimum Gasteiger partial charge on any atom is -0.386 e. The molecule has 0 bridgehead atoms. The van der Waals surface area contributed by atoms with Crippen molar-refractivity contribution in [2.75, 3.05) is 12.4 Å². The summed E-state index contributed by atoms with van der Waals surface area (Å²) in [6.45, 7) is 4.55. The predicted octanol–water partition coefficient (Wildman–Crippen LogP) is 2.00. The molecule has 2 heterocycles. The number of aryl methyl sites for hydroxylation is 2. The molecule has 0 atom stereocenters. The Hall–Kier alpha value is -1.49. The molecular formula is C10H15ClN4O. The minimum absolute atomic E-state index is 0. The van der Waals surface area contributed by atoms with Crippen LogP contribution in [-0.4, -0.2) is 22.0 Å². The quantitative estimate of drug-likeness (QED) is 0.895. The standard InChI is InChI=1S/C10H14N4O.ClH/c1-7-10(8(2)15-13-7)6-14-5-9(11-3)4-12-14;/h4-5,11H,6H2,1-3H3;1H. The monoisotopic (exact) mass is 242 g/mol. The lowest BCUT2D eigenvalue weighted by Crippen LogP contribution is -2.01. The molecular weight excluding hydrogens is 228 g/mol. The molecule has 16 heavy (non-hydrogen) atoms. The van der Waals surface area contributed by atoms with Crippen molar-refractivity contribution in [3.8, 4) is 0 Å². The molecule has 88 valence electrons. The largest absolute Gasteiger partial charge is 0.386 e. The summed E-state index contributed by atoms with van der Waals surface area (Å²) in [7, 11) is 1.87. The summed E-state index contributed by atoms with van der Waals surface area (Å²) in [5, 5.41) is 11.2. The number of aromatic nitrogens is 3. The summed E-state index contributed by atoms with van der Waals surface area (Å²) in [4.78, 5) is 0. The van der Waals surface area contributed by atoms with Crippen molar-refractivity contribution in [2.45, 2.75) is 20.4 Å². The first-order valence-corrected chi connectivity index (χ1v) is 4.82. The van der Waals surface area contributed by atoms with Crippen LogP contribution in [0, 0.1) is 13.8 Å². The fourth-order valence-electron chi connectivity index (χ4n) is 1.47. The van der Waals surface area contributed by atoms with E-state index in [4.69, 9.17) is 4.52 Å². The van der Waals surface area contributed by atoms with Crippen LogP contribution in [0.3, 0.4) is 0 Å². The van der Waals surface area contributed by atoms with E-state index in [1.807, 2.05) is 31.8 Å². The normalized spacial score (nSPS) is 9.94. The molecule has 0 aliphatic carbocycles. The molecule has 0 aromatic carbocycles. The van der Waals surface area contributed by atoms with Gasteiger partial charge in [0.2, 0.25) is 0 Å². The predicted molar refractivity (Wildman–Crippen MR) is 64.1 cm³/mol. The van der Waals surface area contributed by atoms with E-state index in [0.717, 1.165) is 22.7 Å². The number of nitrogens with one attached hydrogen (secondary N) is 1. The van der Waals surface area contributed by atoms with Crippen LogP contribution in [0.2, 0.25) is 0 Å². The van der Waals surface area contributed by atoms with Crippen molar-refractivity contribution in [3.05, 3.63) is 29.4 Å². The van der Waals surface area contributed by atoms with Gasteiger partial charge in [0.05, 0.1) is 24.1 Å². The smallest absolute Gasteiger partial charge is 0.138 e. The number of hydrogen-bond donors (Lipinski definition) is 1. The summed E-state index contributed by atoms with van der Waals surface area (Å²) >= 11 is 0. The number of nitrogens with zero attached hydrogens (tertiary/aromatic N) is 3. The van der Waals surface area contributed by atoms with E-state index >= 15 is 0 Å². The van der Waals surface area contributed by atoms with Crippen molar-refractivity contribution in [2.24, 2.45) is 0 Å². The Balaban J connectivity index is 0.00000128. The topological polar surface area (TPSA) is 55.9 Å². The minimum atomic E-state index is 0. The van der Waals surface area contributed by atoms with E-state index in [0.29, 0.717) is 6.54 Å². The molecule has 2 aromatic rings. The third kappa shape index (κ3) is 2.36. The number of hydrogen-bond acceptors (Lipinski definition) is 4. The molecule has 0 amide bonds. The highest BCUT2D eigenvalue weighted by atomic mass is 35.5. The molecule has 0 spiro atoms. The SMILES string of the molecule is CNc1cnn(Cc2c(C)noc2C)c1.Cl. The van der Waals surface area contributed by atoms with E-state index in [1.54, 1.807) is 6.20 Å². The van der Waals surface area contributed by atoms with Crippen molar-refractivity contribution in [3.63, 3.8) is 0 Å². The highest BCUT2D eigenvalue weighted by Crippen LogP contribution is 2.14. The van der Waals surface area contributed by atoms with Gasteiger partial charge in [0.15, 0.2) is 0 Å². The third-order valence-electron chi connectivity index (χ3n) is 2.42. The van der Waals surface area contributed by atoms with Crippen LogP contribution < -0.4 is 5.32 Å². The molecule has 5 nitrogen and oxygen atoms in total. The molecule has 2 rings (SSSR count). The first-order valence-electron chi connectivity index (χ1n) is 4.82. The van der Waals surface area contributed by atoms with Crippen molar-refractivity contribution >= 4 is 18.1 Å². The zero-order chi connectivity index (χ0) is 10.8. The summed E-state index contributed by atoms with van der Waals surface area (Å²) in [5.74, 6) is 0.856. The lowest BCUT2D eigenvalue weighted by Gasteiger charge is -1.99. The fourth-order valence-corrected chi connectivity index (χ4v) is 1.47. The number of halogens is 1. The molecule has 1 N–H and O–H groups in total. The molecule has 2 aromatic heterocycles. The van der Waals surface area contributed by atoms with Crippen molar-refractivity contribution in [1.29, 1.82) is 0 Å². The zero-order valence-corrected chi connectivity index (χ0v) is 10.3.